The Bertz CT molecular complexity index is 978. The van der Waals surface area contributed by atoms with E-state index in [0.717, 1.165) is 30.3 Å². The first-order valence-electron chi connectivity index (χ1n) is 7.45. The van der Waals surface area contributed by atoms with Gasteiger partial charge in [-0.05, 0) is 29.3 Å². The molecular formula is C19H9F7O. The van der Waals surface area contributed by atoms with Gasteiger partial charge < -0.3 is 4.74 Å². The molecule has 1 nitrogen and oxygen atoms in total. The van der Waals surface area contributed by atoms with Gasteiger partial charge in [0, 0.05) is 17.7 Å². The van der Waals surface area contributed by atoms with Gasteiger partial charge in [-0.1, -0.05) is 18.2 Å². The molecule has 0 amide bonds. The molecule has 8 heteroatoms. The summed E-state index contributed by atoms with van der Waals surface area (Å²) in [6.07, 6.45) is 0. The predicted molar refractivity (Wildman–Crippen MR) is 83.7 cm³/mol. The monoisotopic (exact) mass is 386 g/mol. The summed E-state index contributed by atoms with van der Waals surface area (Å²) in [7, 11) is 0. The summed E-state index contributed by atoms with van der Waals surface area (Å²) in [4.78, 5) is 0. The lowest BCUT2D eigenvalue weighted by Crippen LogP contribution is -2.03. The summed E-state index contributed by atoms with van der Waals surface area (Å²) in [5.41, 5.74) is -0.944. The number of halogens is 7. The van der Waals surface area contributed by atoms with Crippen molar-refractivity contribution in [1.29, 1.82) is 0 Å². The highest BCUT2D eigenvalue weighted by molar-refractivity contribution is 5.72. The van der Waals surface area contributed by atoms with E-state index in [1.54, 1.807) is 0 Å². The third-order valence-corrected chi connectivity index (χ3v) is 3.72. The zero-order chi connectivity index (χ0) is 19.7. The molecule has 0 bridgehead atoms. The van der Waals surface area contributed by atoms with Crippen LogP contribution >= 0.6 is 0 Å². The highest BCUT2D eigenvalue weighted by Crippen LogP contribution is 2.33. The lowest BCUT2D eigenvalue weighted by Gasteiger charge is -2.10. The summed E-state index contributed by atoms with van der Waals surface area (Å²) in [5, 5.41) is 0. The normalized spacial score (nSPS) is 11.1. The second kappa shape index (κ2) is 7.30. The Morgan fingerprint density at radius 3 is 1.78 bits per heavy atom. The summed E-state index contributed by atoms with van der Waals surface area (Å²) in [5.74, 6) is -6.32. The first-order valence-corrected chi connectivity index (χ1v) is 7.45. The smallest absolute Gasteiger partial charge is 0.387 e. The van der Waals surface area contributed by atoms with Crippen molar-refractivity contribution in [2.75, 3.05) is 0 Å². The molecule has 3 aromatic carbocycles. The number of benzene rings is 3. The van der Waals surface area contributed by atoms with Crippen LogP contribution in [0.2, 0.25) is 0 Å². The van der Waals surface area contributed by atoms with Gasteiger partial charge in [0.1, 0.15) is 23.3 Å². The van der Waals surface area contributed by atoms with E-state index in [-0.39, 0.29) is 16.7 Å². The molecule has 0 aliphatic rings. The highest BCUT2D eigenvalue weighted by Gasteiger charge is 2.17. The number of hydrogen-bond donors (Lipinski definition) is 0. The molecule has 0 aliphatic carbocycles. The highest BCUT2D eigenvalue weighted by atomic mass is 19.3. The lowest BCUT2D eigenvalue weighted by atomic mass is 9.98. The van der Waals surface area contributed by atoms with Crippen LogP contribution in [0.25, 0.3) is 22.3 Å². The van der Waals surface area contributed by atoms with Gasteiger partial charge in [0.15, 0.2) is 11.6 Å². The first-order chi connectivity index (χ1) is 12.8. The van der Waals surface area contributed by atoms with Crippen LogP contribution in [0.15, 0.2) is 48.5 Å². The molecule has 140 valence electrons. The Kier molecular flexibility index (Phi) is 5.07. The van der Waals surface area contributed by atoms with Crippen LogP contribution < -0.4 is 4.74 Å². The molecule has 0 spiro atoms. The average Bonchev–Trinajstić information content (AvgIpc) is 2.55. The number of hydrogen-bond acceptors (Lipinski definition) is 1. The molecule has 0 heterocycles. The summed E-state index contributed by atoms with van der Waals surface area (Å²) < 4.78 is 97.1. The van der Waals surface area contributed by atoms with Crippen molar-refractivity contribution in [1.82, 2.24) is 0 Å². The third kappa shape index (κ3) is 3.89. The molecule has 0 unspecified atom stereocenters. The van der Waals surface area contributed by atoms with E-state index in [2.05, 4.69) is 4.74 Å². The first kappa shape index (κ1) is 18.8. The van der Waals surface area contributed by atoms with Gasteiger partial charge in [-0.25, -0.2) is 22.0 Å². The van der Waals surface area contributed by atoms with Gasteiger partial charge in [-0.3, -0.25) is 0 Å². The Balaban J connectivity index is 2.00. The van der Waals surface area contributed by atoms with Gasteiger partial charge in [-0.15, -0.1) is 0 Å². The van der Waals surface area contributed by atoms with Gasteiger partial charge >= 0.3 is 6.61 Å². The fraction of sp³-hybridized carbons (Fsp3) is 0.0526. The minimum Gasteiger partial charge on any atom is -0.432 e. The topological polar surface area (TPSA) is 9.23 Å². The maximum atomic E-state index is 14.4. The standard InChI is InChI=1S/C19H9F7O/c20-11-7-15(23)18(16(24)8-11)10-1-3-12(13(21)6-10)9-2-4-17(14(22)5-9)27-19(25)26/h1-8,19H. The van der Waals surface area contributed by atoms with Crippen molar-refractivity contribution in [2.24, 2.45) is 0 Å². The van der Waals surface area contributed by atoms with Crippen molar-refractivity contribution in [3.05, 3.63) is 77.6 Å². The summed E-state index contributed by atoms with van der Waals surface area (Å²) in [6.45, 7) is -3.22. The fourth-order valence-corrected chi connectivity index (χ4v) is 2.58. The van der Waals surface area contributed by atoms with Crippen LogP contribution in [0.4, 0.5) is 30.7 Å². The molecule has 0 N–H and O–H groups in total. The van der Waals surface area contributed by atoms with Crippen molar-refractivity contribution in [2.45, 2.75) is 6.61 Å². The van der Waals surface area contributed by atoms with Crippen molar-refractivity contribution >= 4 is 0 Å². The fourth-order valence-electron chi connectivity index (χ4n) is 2.58. The van der Waals surface area contributed by atoms with E-state index >= 15 is 0 Å². The SMILES string of the molecule is Fc1cc(F)c(-c2ccc(-c3ccc(OC(F)F)c(F)c3)c(F)c2)c(F)c1. The van der Waals surface area contributed by atoms with Crippen LogP contribution in [-0.4, -0.2) is 6.61 Å². The van der Waals surface area contributed by atoms with Crippen LogP contribution in [0.3, 0.4) is 0 Å². The molecule has 0 radical (unpaired) electrons. The lowest BCUT2D eigenvalue weighted by molar-refractivity contribution is -0.0521. The Morgan fingerprint density at radius 2 is 1.22 bits per heavy atom. The number of ether oxygens (including phenoxy) is 1. The predicted octanol–water partition coefficient (Wildman–Crippen LogP) is 6.32. The quantitative estimate of drug-likeness (QED) is 0.477. The molecule has 0 fully saturated rings. The molecule has 27 heavy (non-hydrogen) atoms. The Morgan fingerprint density at radius 1 is 0.630 bits per heavy atom. The van der Waals surface area contributed by atoms with E-state index in [9.17, 15) is 30.7 Å². The summed E-state index contributed by atoms with van der Waals surface area (Å²) >= 11 is 0. The van der Waals surface area contributed by atoms with Crippen molar-refractivity contribution in [3.63, 3.8) is 0 Å². The Hall–Kier alpha value is -3.03. The van der Waals surface area contributed by atoms with Crippen LogP contribution in [0, 0.1) is 29.1 Å². The number of rotatable bonds is 4. The molecular weight excluding hydrogens is 377 g/mol. The van der Waals surface area contributed by atoms with Crippen molar-refractivity contribution in [3.8, 4) is 28.0 Å². The second-order valence-corrected chi connectivity index (χ2v) is 5.46. The third-order valence-electron chi connectivity index (χ3n) is 3.72. The zero-order valence-corrected chi connectivity index (χ0v) is 13.3. The Labute approximate surface area is 148 Å². The van der Waals surface area contributed by atoms with E-state index < -0.39 is 47.0 Å². The van der Waals surface area contributed by atoms with E-state index in [1.807, 2.05) is 0 Å². The van der Waals surface area contributed by atoms with E-state index in [4.69, 9.17) is 0 Å². The largest absolute Gasteiger partial charge is 0.432 e. The van der Waals surface area contributed by atoms with Crippen LogP contribution in [0.1, 0.15) is 0 Å². The van der Waals surface area contributed by atoms with E-state index in [1.165, 1.54) is 6.07 Å². The summed E-state index contributed by atoms with van der Waals surface area (Å²) in [6, 6.07) is 6.86. The van der Waals surface area contributed by atoms with Gasteiger partial charge in [0.25, 0.3) is 0 Å². The van der Waals surface area contributed by atoms with Gasteiger partial charge in [-0.2, -0.15) is 8.78 Å². The molecule has 3 rings (SSSR count). The van der Waals surface area contributed by atoms with Crippen LogP contribution in [0.5, 0.6) is 5.75 Å². The zero-order valence-electron chi connectivity index (χ0n) is 13.3. The molecule has 0 aromatic heterocycles. The minimum atomic E-state index is -3.22. The maximum absolute atomic E-state index is 14.4. The number of alkyl halides is 2. The molecule has 0 aliphatic heterocycles. The van der Waals surface area contributed by atoms with E-state index in [0.29, 0.717) is 12.1 Å². The molecule has 0 saturated heterocycles. The minimum absolute atomic E-state index is 0.00165. The van der Waals surface area contributed by atoms with Gasteiger partial charge in [0.05, 0.1) is 5.56 Å². The maximum Gasteiger partial charge on any atom is 0.387 e. The van der Waals surface area contributed by atoms with Gasteiger partial charge in [0.2, 0.25) is 0 Å². The van der Waals surface area contributed by atoms with Crippen molar-refractivity contribution < 1.29 is 35.5 Å². The molecule has 3 aromatic rings. The van der Waals surface area contributed by atoms with Crippen LogP contribution in [-0.2, 0) is 0 Å². The average molecular weight is 386 g/mol. The molecule has 0 atom stereocenters. The molecule has 0 saturated carbocycles. The second-order valence-electron chi connectivity index (χ2n) is 5.46.